The Morgan fingerprint density at radius 1 is 1.04 bits per heavy atom. The molecular formula is C19H20ClFN2O2. The van der Waals surface area contributed by atoms with Crippen molar-refractivity contribution in [3.63, 3.8) is 0 Å². The van der Waals surface area contributed by atoms with E-state index in [-0.39, 0.29) is 30.2 Å². The largest absolute Gasteiger partial charge is 0.457 e. The normalized spacial score (nSPS) is 23.8. The number of hydrogen-bond acceptors (Lipinski definition) is 3. The minimum Gasteiger partial charge on any atom is -0.457 e. The quantitative estimate of drug-likeness (QED) is 0.872. The first-order valence-corrected chi connectivity index (χ1v) is 8.28. The summed E-state index contributed by atoms with van der Waals surface area (Å²) in [5.74, 6) is 0.813. The molecule has 2 heterocycles. The van der Waals surface area contributed by atoms with E-state index in [0.29, 0.717) is 29.1 Å². The summed E-state index contributed by atoms with van der Waals surface area (Å²) in [6.07, 6.45) is 3.37. The topological polar surface area (TPSA) is 50.4 Å². The fourth-order valence-corrected chi connectivity index (χ4v) is 3.55. The lowest BCUT2D eigenvalue weighted by molar-refractivity contribution is 0.0931. The molecule has 25 heavy (non-hydrogen) atoms. The zero-order chi connectivity index (χ0) is 16.5. The maximum Gasteiger partial charge on any atom is 0.251 e. The molecule has 4 nitrogen and oxygen atoms in total. The number of ether oxygens (including phenoxy) is 1. The molecule has 2 aliphatic heterocycles. The van der Waals surface area contributed by atoms with Crippen LogP contribution in [0.3, 0.4) is 0 Å². The molecule has 4 rings (SSSR count). The molecule has 2 aromatic carbocycles. The molecule has 0 spiro atoms. The van der Waals surface area contributed by atoms with Crippen molar-refractivity contribution in [2.75, 3.05) is 0 Å². The van der Waals surface area contributed by atoms with Gasteiger partial charge in [0, 0.05) is 23.7 Å². The average molecular weight is 363 g/mol. The van der Waals surface area contributed by atoms with Crippen molar-refractivity contribution >= 4 is 18.3 Å². The van der Waals surface area contributed by atoms with E-state index < -0.39 is 0 Å². The van der Waals surface area contributed by atoms with Crippen LogP contribution in [0.25, 0.3) is 0 Å². The third-order valence-electron chi connectivity index (χ3n) is 4.78. The van der Waals surface area contributed by atoms with Crippen LogP contribution in [0, 0.1) is 5.82 Å². The first-order valence-electron chi connectivity index (χ1n) is 8.28. The number of benzene rings is 2. The highest BCUT2D eigenvalue weighted by atomic mass is 35.5. The number of nitrogens with one attached hydrogen (secondary N) is 2. The monoisotopic (exact) mass is 362 g/mol. The Hall–Kier alpha value is -2.11. The van der Waals surface area contributed by atoms with E-state index in [9.17, 15) is 9.18 Å². The van der Waals surface area contributed by atoms with Crippen molar-refractivity contribution in [3.8, 4) is 11.5 Å². The lowest BCUT2D eigenvalue weighted by Crippen LogP contribution is -2.42. The number of amides is 1. The van der Waals surface area contributed by atoms with Crippen LogP contribution in [0.2, 0.25) is 0 Å². The predicted molar refractivity (Wildman–Crippen MR) is 96.0 cm³/mol. The number of carbonyl (C=O) groups excluding carboxylic acids is 1. The number of halogens is 2. The van der Waals surface area contributed by atoms with Crippen LogP contribution in [0.4, 0.5) is 4.39 Å². The van der Waals surface area contributed by atoms with Crippen molar-refractivity contribution in [2.24, 2.45) is 0 Å². The van der Waals surface area contributed by atoms with E-state index in [1.165, 1.54) is 18.6 Å². The lowest BCUT2D eigenvalue weighted by atomic mass is 9.95. The number of hydrogen-bond donors (Lipinski definition) is 2. The minimum absolute atomic E-state index is 0. The van der Waals surface area contributed by atoms with E-state index in [2.05, 4.69) is 10.6 Å². The van der Waals surface area contributed by atoms with Crippen LogP contribution in [0.1, 0.15) is 29.6 Å². The predicted octanol–water partition coefficient (Wildman–Crippen LogP) is 3.66. The zero-order valence-electron chi connectivity index (χ0n) is 13.6. The van der Waals surface area contributed by atoms with Crippen molar-refractivity contribution < 1.29 is 13.9 Å². The summed E-state index contributed by atoms with van der Waals surface area (Å²) in [6, 6.07) is 14.0. The van der Waals surface area contributed by atoms with Crippen LogP contribution in [-0.4, -0.2) is 24.0 Å². The van der Waals surface area contributed by atoms with Crippen LogP contribution >= 0.6 is 12.4 Å². The van der Waals surface area contributed by atoms with E-state index in [0.717, 1.165) is 12.8 Å². The highest BCUT2D eigenvalue weighted by molar-refractivity contribution is 5.94. The molecule has 0 radical (unpaired) electrons. The number of carbonyl (C=O) groups is 1. The molecule has 2 saturated heterocycles. The molecule has 0 saturated carbocycles. The highest BCUT2D eigenvalue weighted by Crippen LogP contribution is 2.28. The SMILES string of the molecule is Cl.O=C(N[C@@H]1CC2CCC1N2)c1ccc(Oc2ccc(F)cc2)cc1. The average Bonchev–Trinajstić information content (AvgIpc) is 3.20. The summed E-state index contributed by atoms with van der Waals surface area (Å²) in [6.45, 7) is 0. The van der Waals surface area contributed by atoms with Crippen LogP contribution in [-0.2, 0) is 0 Å². The molecule has 2 fully saturated rings. The van der Waals surface area contributed by atoms with Gasteiger partial charge in [0.1, 0.15) is 17.3 Å². The Balaban J connectivity index is 0.00000182. The van der Waals surface area contributed by atoms with Gasteiger partial charge in [-0.1, -0.05) is 0 Å². The molecular weight excluding hydrogens is 343 g/mol. The number of rotatable bonds is 4. The third-order valence-corrected chi connectivity index (χ3v) is 4.78. The van der Waals surface area contributed by atoms with Gasteiger partial charge >= 0.3 is 0 Å². The smallest absolute Gasteiger partial charge is 0.251 e. The standard InChI is InChI=1S/C19H19FN2O2.ClH/c20-13-3-8-16(9-4-13)24-15-6-1-12(2-7-15)19(23)22-18-11-14-5-10-17(18)21-14;/h1-4,6-9,14,17-18,21H,5,10-11H2,(H,22,23);1H/t14?,17?,18-;/m1./s1. The Morgan fingerprint density at radius 2 is 1.68 bits per heavy atom. The molecule has 2 unspecified atom stereocenters. The fourth-order valence-electron chi connectivity index (χ4n) is 3.55. The second-order valence-corrected chi connectivity index (χ2v) is 6.44. The molecule has 132 valence electrons. The van der Waals surface area contributed by atoms with Gasteiger partial charge in [0.15, 0.2) is 0 Å². The molecule has 0 aromatic heterocycles. The van der Waals surface area contributed by atoms with Crippen molar-refractivity contribution in [1.82, 2.24) is 10.6 Å². The minimum atomic E-state index is -0.301. The van der Waals surface area contributed by atoms with Crippen LogP contribution in [0.5, 0.6) is 11.5 Å². The van der Waals surface area contributed by atoms with Gasteiger partial charge in [0.25, 0.3) is 5.91 Å². The van der Waals surface area contributed by atoms with Crippen molar-refractivity contribution in [1.29, 1.82) is 0 Å². The van der Waals surface area contributed by atoms with E-state index >= 15 is 0 Å². The second-order valence-electron chi connectivity index (χ2n) is 6.44. The van der Waals surface area contributed by atoms with Gasteiger partial charge in [-0.15, -0.1) is 12.4 Å². The zero-order valence-corrected chi connectivity index (χ0v) is 14.4. The highest BCUT2D eigenvalue weighted by Gasteiger charge is 2.39. The van der Waals surface area contributed by atoms with Crippen molar-refractivity contribution in [3.05, 3.63) is 59.9 Å². The van der Waals surface area contributed by atoms with E-state index in [1.807, 2.05) is 0 Å². The molecule has 2 N–H and O–H groups in total. The Labute approximate surface area is 152 Å². The van der Waals surface area contributed by atoms with Gasteiger partial charge in [-0.05, 0) is 67.8 Å². The molecule has 2 aliphatic rings. The van der Waals surface area contributed by atoms with Crippen LogP contribution < -0.4 is 15.4 Å². The summed E-state index contributed by atoms with van der Waals surface area (Å²) < 4.78 is 18.5. The van der Waals surface area contributed by atoms with Crippen LogP contribution in [0.15, 0.2) is 48.5 Å². The number of fused-ring (bicyclic) bond motifs is 2. The molecule has 6 heteroatoms. The maximum atomic E-state index is 12.9. The molecule has 0 aliphatic carbocycles. The summed E-state index contributed by atoms with van der Waals surface area (Å²) in [4.78, 5) is 12.4. The van der Waals surface area contributed by atoms with Gasteiger partial charge < -0.3 is 15.4 Å². The summed E-state index contributed by atoms with van der Waals surface area (Å²) >= 11 is 0. The van der Waals surface area contributed by atoms with Gasteiger partial charge in [-0.25, -0.2) is 4.39 Å². The summed E-state index contributed by atoms with van der Waals surface area (Å²) in [5.41, 5.74) is 0.615. The molecule has 3 atom stereocenters. The van der Waals surface area contributed by atoms with Gasteiger partial charge in [-0.2, -0.15) is 0 Å². The van der Waals surface area contributed by atoms with E-state index in [4.69, 9.17) is 4.74 Å². The second kappa shape index (κ2) is 7.42. The molecule has 1 amide bonds. The third kappa shape index (κ3) is 3.94. The Morgan fingerprint density at radius 3 is 2.24 bits per heavy atom. The molecule has 2 bridgehead atoms. The summed E-state index contributed by atoms with van der Waals surface area (Å²) in [5, 5.41) is 6.63. The van der Waals surface area contributed by atoms with Gasteiger partial charge in [-0.3, -0.25) is 4.79 Å². The van der Waals surface area contributed by atoms with Gasteiger partial charge in [0.05, 0.1) is 0 Å². The van der Waals surface area contributed by atoms with E-state index in [1.54, 1.807) is 36.4 Å². The van der Waals surface area contributed by atoms with Crippen molar-refractivity contribution in [2.45, 2.75) is 37.4 Å². The first kappa shape index (κ1) is 17.7. The van der Waals surface area contributed by atoms with Gasteiger partial charge in [0.2, 0.25) is 0 Å². The molecule has 2 aromatic rings. The maximum absolute atomic E-state index is 12.9. The lowest BCUT2D eigenvalue weighted by Gasteiger charge is -2.21. The fraction of sp³-hybridized carbons (Fsp3) is 0.316. The Bertz CT molecular complexity index is 736. The first-order chi connectivity index (χ1) is 11.7. The Kier molecular flexibility index (Phi) is 5.25. The summed E-state index contributed by atoms with van der Waals surface area (Å²) in [7, 11) is 0.